The van der Waals surface area contributed by atoms with Gasteiger partial charge >= 0.3 is 0 Å². The molecule has 4 rings (SSSR count). The summed E-state index contributed by atoms with van der Waals surface area (Å²) in [6, 6.07) is 10.8. The highest BCUT2D eigenvalue weighted by atomic mass is 15.6. The molecule has 0 amide bonds. The third-order valence-electron chi connectivity index (χ3n) is 5.74. The van der Waals surface area contributed by atoms with Gasteiger partial charge in [-0.3, -0.25) is 10.3 Å². The smallest absolute Gasteiger partial charge is 0.0745 e. The van der Waals surface area contributed by atoms with E-state index in [2.05, 4.69) is 61.2 Å². The van der Waals surface area contributed by atoms with E-state index in [4.69, 9.17) is 0 Å². The molecule has 2 unspecified atom stereocenters. The Morgan fingerprint density at radius 3 is 2.76 bits per heavy atom. The Kier molecular flexibility index (Phi) is 5.84. The number of rotatable bonds is 6. The van der Waals surface area contributed by atoms with Gasteiger partial charge in [0.25, 0.3) is 0 Å². The van der Waals surface area contributed by atoms with Crippen molar-refractivity contribution in [3.05, 3.63) is 30.3 Å². The second-order valence-electron chi connectivity index (χ2n) is 7.51. The molecule has 0 aromatic heterocycles. The fourth-order valence-electron chi connectivity index (χ4n) is 4.21. The van der Waals surface area contributed by atoms with Gasteiger partial charge in [0.05, 0.1) is 6.17 Å². The Morgan fingerprint density at radius 2 is 1.92 bits per heavy atom. The quantitative estimate of drug-likeness (QED) is 0.639. The van der Waals surface area contributed by atoms with E-state index in [1.807, 2.05) is 0 Å². The van der Waals surface area contributed by atoms with E-state index in [-0.39, 0.29) is 0 Å². The van der Waals surface area contributed by atoms with Crippen LogP contribution in [0.5, 0.6) is 0 Å². The molecule has 0 spiro atoms. The molecule has 3 saturated heterocycles. The lowest BCUT2D eigenvalue weighted by atomic mass is 10.1. The molecular weight excluding hydrogens is 312 g/mol. The number of hydrogen-bond donors (Lipinski definition) is 3. The maximum Gasteiger partial charge on any atom is 0.0745 e. The Balaban J connectivity index is 1.10. The molecule has 0 bridgehead atoms. The van der Waals surface area contributed by atoms with Gasteiger partial charge in [-0.2, -0.15) is 0 Å². The zero-order valence-electron chi connectivity index (χ0n) is 15.2. The van der Waals surface area contributed by atoms with Gasteiger partial charge in [0.2, 0.25) is 0 Å². The van der Waals surface area contributed by atoms with Crippen molar-refractivity contribution in [3.8, 4) is 0 Å². The van der Waals surface area contributed by atoms with Crippen LogP contribution in [-0.4, -0.2) is 81.5 Å². The van der Waals surface area contributed by atoms with Gasteiger partial charge in [-0.05, 0) is 24.5 Å². The minimum atomic E-state index is 0.567. The number of hydrogen-bond acceptors (Lipinski definition) is 6. The molecule has 3 heterocycles. The van der Waals surface area contributed by atoms with Crippen LogP contribution in [0.15, 0.2) is 30.3 Å². The number of piperazine rings is 1. The molecule has 25 heavy (non-hydrogen) atoms. The Bertz CT molecular complexity index is 516. The molecule has 2 atom stereocenters. The lowest BCUT2D eigenvalue weighted by Gasteiger charge is -2.37. The molecular formula is C19H32N6. The molecule has 3 fully saturated rings. The standard InChI is InChI=1S/C19H32N6/c1-2-4-18(5-3-1)24-12-10-23(11-13-24)9-8-20-14-17-15-21-19-6-7-22-25(19)16-17/h1-5,17,19-22H,6-16H2. The molecule has 6 nitrogen and oxygen atoms in total. The second kappa shape index (κ2) is 8.47. The molecule has 138 valence electrons. The number of anilines is 1. The Hall–Kier alpha value is -1.18. The normalized spacial score (nSPS) is 28.2. The van der Waals surface area contributed by atoms with Crippen LogP contribution in [0.4, 0.5) is 5.69 Å². The molecule has 6 heteroatoms. The Morgan fingerprint density at radius 1 is 1.08 bits per heavy atom. The summed E-state index contributed by atoms with van der Waals surface area (Å²) in [6.45, 7) is 11.4. The summed E-state index contributed by atoms with van der Waals surface area (Å²) in [4.78, 5) is 5.08. The number of fused-ring (bicyclic) bond motifs is 1. The summed E-state index contributed by atoms with van der Waals surface area (Å²) in [5.74, 6) is 0.705. The van der Waals surface area contributed by atoms with E-state index in [1.54, 1.807) is 0 Å². The number of nitrogens with zero attached hydrogens (tertiary/aromatic N) is 3. The van der Waals surface area contributed by atoms with Crippen LogP contribution in [0.1, 0.15) is 6.42 Å². The van der Waals surface area contributed by atoms with Gasteiger partial charge in [0.15, 0.2) is 0 Å². The third kappa shape index (κ3) is 4.51. The fourth-order valence-corrected chi connectivity index (χ4v) is 4.21. The molecule has 0 aliphatic carbocycles. The average molecular weight is 345 g/mol. The van der Waals surface area contributed by atoms with Crippen molar-refractivity contribution >= 4 is 5.69 Å². The van der Waals surface area contributed by atoms with Crippen molar-refractivity contribution in [1.82, 2.24) is 26.0 Å². The minimum Gasteiger partial charge on any atom is -0.369 e. The number of hydrazine groups is 1. The summed E-state index contributed by atoms with van der Waals surface area (Å²) < 4.78 is 0. The lowest BCUT2D eigenvalue weighted by molar-refractivity contribution is 0.0901. The van der Waals surface area contributed by atoms with Gasteiger partial charge in [0.1, 0.15) is 0 Å². The molecule has 0 saturated carbocycles. The predicted molar refractivity (Wildman–Crippen MR) is 103 cm³/mol. The molecule has 0 radical (unpaired) electrons. The van der Waals surface area contributed by atoms with Crippen LogP contribution < -0.4 is 21.0 Å². The van der Waals surface area contributed by atoms with Crippen molar-refractivity contribution in [2.75, 3.05) is 70.3 Å². The first-order valence-electron chi connectivity index (χ1n) is 9.85. The maximum absolute atomic E-state index is 3.68. The highest BCUT2D eigenvalue weighted by Gasteiger charge is 2.30. The van der Waals surface area contributed by atoms with E-state index >= 15 is 0 Å². The largest absolute Gasteiger partial charge is 0.369 e. The van der Waals surface area contributed by atoms with Gasteiger partial charge in [0, 0.05) is 71.1 Å². The van der Waals surface area contributed by atoms with Crippen LogP contribution in [0.3, 0.4) is 0 Å². The fraction of sp³-hybridized carbons (Fsp3) is 0.684. The van der Waals surface area contributed by atoms with Crippen LogP contribution >= 0.6 is 0 Å². The summed E-state index contributed by atoms with van der Waals surface area (Å²) in [5, 5.41) is 9.71. The summed E-state index contributed by atoms with van der Waals surface area (Å²) in [7, 11) is 0. The zero-order chi connectivity index (χ0) is 16.9. The first-order valence-corrected chi connectivity index (χ1v) is 9.85. The van der Waals surface area contributed by atoms with E-state index in [0.29, 0.717) is 12.1 Å². The lowest BCUT2D eigenvalue weighted by Crippen LogP contribution is -2.56. The SMILES string of the molecule is c1ccc(N2CCN(CCNCC3CNC4CCNN4C3)CC2)cc1. The molecule has 3 aliphatic heterocycles. The number of para-hydroxylation sites is 1. The van der Waals surface area contributed by atoms with Crippen LogP contribution in [0.2, 0.25) is 0 Å². The van der Waals surface area contributed by atoms with E-state index in [0.717, 1.165) is 45.8 Å². The van der Waals surface area contributed by atoms with Gasteiger partial charge < -0.3 is 15.5 Å². The highest BCUT2D eigenvalue weighted by molar-refractivity contribution is 5.46. The number of nitrogens with one attached hydrogen (secondary N) is 3. The van der Waals surface area contributed by atoms with Crippen molar-refractivity contribution < 1.29 is 0 Å². The van der Waals surface area contributed by atoms with E-state index in [1.165, 1.54) is 31.7 Å². The first kappa shape index (κ1) is 17.2. The van der Waals surface area contributed by atoms with E-state index < -0.39 is 0 Å². The maximum atomic E-state index is 3.68. The Labute approximate surface area is 151 Å². The van der Waals surface area contributed by atoms with Crippen LogP contribution in [-0.2, 0) is 0 Å². The van der Waals surface area contributed by atoms with E-state index in [9.17, 15) is 0 Å². The molecule has 3 N–H and O–H groups in total. The average Bonchev–Trinajstić information content (AvgIpc) is 3.14. The van der Waals surface area contributed by atoms with Gasteiger partial charge in [-0.25, -0.2) is 5.01 Å². The van der Waals surface area contributed by atoms with Crippen molar-refractivity contribution in [2.24, 2.45) is 5.92 Å². The first-order chi connectivity index (χ1) is 12.4. The van der Waals surface area contributed by atoms with Crippen LogP contribution in [0.25, 0.3) is 0 Å². The van der Waals surface area contributed by atoms with Gasteiger partial charge in [-0.15, -0.1) is 0 Å². The highest BCUT2D eigenvalue weighted by Crippen LogP contribution is 2.15. The topological polar surface area (TPSA) is 45.8 Å². The van der Waals surface area contributed by atoms with Crippen LogP contribution in [0, 0.1) is 5.92 Å². The minimum absolute atomic E-state index is 0.567. The molecule has 3 aliphatic rings. The summed E-state index contributed by atoms with van der Waals surface area (Å²) in [5.41, 5.74) is 4.84. The monoisotopic (exact) mass is 344 g/mol. The number of benzene rings is 1. The third-order valence-corrected chi connectivity index (χ3v) is 5.74. The van der Waals surface area contributed by atoms with Crippen molar-refractivity contribution in [2.45, 2.75) is 12.6 Å². The zero-order valence-corrected chi connectivity index (χ0v) is 15.2. The molecule has 1 aromatic rings. The summed E-state index contributed by atoms with van der Waals surface area (Å²) >= 11 is 0. The van der Waals surface area contributed by atoms with Crippen molar-refractivity contribution in [1.29, 1.82) is 0 Å². The van der Waals surface area contributed by atoms with Crippen molar-refractivity contribution in [3.63, 3.8) is 0 Å². The molecule has 1 aromatic carbocycles. The second-order valence-corrected chi connectivity index (χ2v) is 7.51. The van der Waals surface area contributed by atoms with Gasteiger partial charge in [-0.1, -0.05) is 18.2 Å². The summed E-state index contributed by atoms with van der Waals surface area (Å²) in [6.07, 6.45) is 1.80. The predicted octanol–water partition coefficient (Wildman–Crippen LogP) is 0.154.